The first-order chi connectivity index (χ1) is 0. The molecule has 0 aromatic carbocycles. The molecule has 0 unspecified atom stereocenters. The predicted octanol–water partition coefficient (Wildman–Crippen LogP) is -0.0150. The van der Waals surface area contributed by atoms with Crippen LogP contribution in [0.15, 0.2) is 0 Å². The zero-order valence-electron chi connectivity index (χ0n) is 1.82. The van der Waals surface area contributed by atoms with E-state index in [0.29, 0.717) is 0 Å². The Morgan fingerprint density at radius 3 is 0.333 bits per heavy atom. The molecule has 0 N–H and O–H groups in total. The Balaban J connectivity index is 0. The van der Waals surface area contributed by atoms with Gasteiger partial charge in [0.1, 0.15) is 0 Å². The minimum atomic E-state index is 0. The Morgan fingerprint density at radius 1 is 0.333 bits per heavy atom. The van der Waals surface area contributed by atoms with E-state index < -0.39 is 0 Å². The number of hydrogen-bond donors (Lipinski definition) is 0. The first-order valence-corrected chi connectivity index (χ1v) is 0. The molecule has 0 rings (SSSR count). The second kappa shape index (κ2) is 40.7. The van der Waals surface area contributed by atoms with Crippen molar-refractivity contribution in [2.75, 3.05) is 0 Å². The van der Waals surface area contributed by atoms with Crippen LogP contribution in [0.25, 0.3) is 0 Å². The van der Waals surface area contributed by atoms with E-state index in [2.05, 4.69) is 0 Å². The SMILES string of the molecule is [Cu].[Cu].[Cu].[Cu].[Cu].[Pt]. The topological polar surface area (TPSA) is 0 Å². The Hall–Kier alpha value is 3.29. The van der Waals surface area contributed by atoms with Crippen LogP contribution in [-0.2, 0) is 106 Å². The summed E-state index contributed by atoms with van der Waals surface area (Å²) in [5.41, 5.74) is 0. The van der Waals surface area contributed by atoms with Crippen molar-refractivity contribution in [2.45, 2.75) is 0 Å². The number of rotatable bonds is 0. The molecule has 5 radical (unpaired) electrons. The Morgan fingerprint density at radius 2 is 0.333 bits per heavy atom. The van der Waals surface area contributed by atoms with Gasteiger partial charge in [-0.3, -0.25) is 0 Å². The van der Waals surface area contributed by atoms with Gasteiger partial charge in [-0.1, -0.05) is 0 Å². The fraction of sp³-hybridized carbons (Fsp3) is 0. The molecule has 0 bridgehead atoms. The van der Waals surface area contributed by atoms with Crippen LogP contribution in [0.4, 0.5) is 0 Å². The molecule has 0 saturated carbocycles. The van der Waals surface area contributed by atoms with Gasteiger partial charge < -0.3 is 0 Å². The molecule has 0 atom stereocenters. The van der Waals surface area contributed by atoms with Gasteiger partial charge in [-0.25, -0.2) is 0 Å². The molecule has 0 nitrogen and oxygen atoms in total. The fourth-order valence-corrected chi connectivity index (χ4v) is 0. The molecule has 0 saturated heterocycles. The quantitative estimate of drug-likeness (QED) is 0.401. The van der Waals surface area contributed by atoms with Crippen molar-refractivity contribution in [3.63, 3.8) is 0 Å². The molecular weight excluding hydrogens is 513 g/mol. The maximum absolute atomic E-state index is 0. The van der Waals surface area contributed by atoms with Crippen LogP contribution in [0.1, 0.15) is 0 Å². The third-order valence-corrected chi connectivity index (χ3v) is 0. The van der Waals surface area contributed by atoms with Gasteiger partial charge in [0.05, 0.1) is 0 Å². The monoisotopic (exact) mass is 510 g/mol. The molecule has 0 spiro atoms. The summed E-state index contributed by atoms with van der Waals surface area (Å²) in [5.74, 6) is 0. The minimum Gasteiger partial charge on any atom is 0 e. The van der Waals surface area contributed by atoms with E-state index >= 15 is 0 Å². The zero-order chi connectivity index (χ0) is 0. The van der Waals surface area contributed by atoms with Crippen molar-refractivity contribution in [1.82, 2.24) is 0 Å². The van der Waals surface area contributed by atoms with Crippen molar-refractivity contribution >= 4 is 0 Å². The molecule has 6 heteroatoms. The average molecular weight is 513 g/mol. The molecule has 0 aliphatic carbocycles. The van der Waals surface area contributed by atoms with Gasteiger partial charge in [0.25, 0.3) is 0 Å². The molecule has 0 amide bonds. The summed E-state index contributed by atoms with van der Waals surface area (Å²) in [6.45, 7) is 0. The fourth-order valence-electron chi connectivity index (χ4n) is 0. The summed E-state index contributed by atoms with van der Waals surface area (Å²) < 4.78 is 0. The molecule has 0 aliphatic rings. The molecule has 0 heterocycles. The van der Waals surface area contributed by atoms with E-state index in [9.17, 15) is 0 Å². The van der Waals surface area contributed by atoms with Gasteiger partial charge >= 0.3 is 0 Å². The van der Waals surface area contributed by atoms with Crippen LogP contribution in [0.5, 0.6) is 0 Å². The second-order valence-corrected chi connectivity index (χ2v) is 0. The summed E-state index contributed by atoms with van der Waals surface area (Å²) in [4.78, 5) is 0. The van der Waals surface area contributed by atoms with E-state index in [1.54, 1.807) is 0 Å². The van der Waals surface area contributed by atoms with Crippen LogP contribution in [0.2, 0.25) is 0 Å². The zero-order valence-corrected chi connectivity index (χ0v) is 8.80. The van der Waals surface area contributed by atoms with Crippen LogP contribution < -0.4 is 0 Å². The minimum absolute atomic E-state index is 0. The van der Waals surface area contributed by atoms with Crippen LogP contribution in [-0.4, -0.2) is 0 Å². The molecule has 65 valence electrons. The largest absolute Gasteiger partial charge is 0 e. The molecule has 0 fully saturated rings. The van der Waals surface area contributed by atoms with Gasteiger partial charge in [0, 0.05) is 106 Å². The summed E-state index contributed by atoms with van der Waals surface area (Å²) in [5, 5.41) is 0. The van der Waals surface area contributed by atoms with Gasteiger partial charge in [-0.05, 0) is 0 Å². The Labute approximate surface area is 105 Å². The summed E-state index contributed by atoms with van der Waals surface area (Å²) in [7, 11) is 0. The van der Waals surface area contributed by atoms with Crippen LogP contribution >= 0.6 is 0 Å². The summed E-state index contributed by atoms with van der Waals surface area (Å²) in [6, 6.07) is 0. The predicted molar refractivity (Wildman–Crippen MR) is 0 cm³/mol. The first kappa shape index (κ1) is 59.0. The smallest absolute Gasteiger partial charge is 0 e. The van der Waals surface area contributed by atoms with Crippen LogP contribution in [0, 0.1) is 0 Å². The van der Waals surface area contributed by atoms with E-state index in [0.717, 1.165) is 0 Å². The van der Waals surface area contributed by atoms with E-state index in [4.69, 9.17) is 0 Å². The van der Waals surface area contributed by atoms with Crippen molar-refractivity contribution in [2.24, 2.45) is 0 Å². The van der Waals surface area contributed by atoms with E-state index in [-0.39, 0.29) is 106 Å². The first-order valence-electron chi connectivity index (χ1n) is 0. The normalized spacial score (nSPS) is 0. The van der Waals surface area contributed by atoms with Gasteiger partial charge in [0.15, 0.2) is 0 Å². The van der Waals surface area contributed by atoms with Crippen molar-refractivity contribution < 1.29 is 106 Å². The maximum atomic E-state index is 0. The van der Waals surface area contributed by atoms with Crippen molar-refractivity contribution in [1.29, 1.82) is 0 Å². The third kappa shape index (κ3) is 26.7. The molecule has 6 heavy (non-hydrogen) atoms. The van der Waals surface area contributed by atoms with Gasteiger partial charge in [-0.2, -0.15) is 0 Å². The molecule has 0 aliphatic heterocycles. The van der Waals surface area contributed by atoms with Crippen LogP contribution in [0.3, 0.4) is 0 Å². The molecular formula is Cu5Pt. The maximum Gasteiger partial charge on any atom is 0 e. The van der Waals surface area contributed by atoms with E-state index in [1.165, 1.54) is 0 Å². The molecule has 0 aromatic heterocycles. The summed E-state index contributed by atoms with van der Waals surface area (Å²) in [6.07, 6.45) is 0. The van der Waals surface area contributed by atoms with E-state index in [1.807, 2.05) is 0 Å². The molecule has 0 aromatic rings. The standard InChI is InChI=1S/5Cu.Pt. The van der Waals surface area contributed by atoms with Crippen molar-refractivity contribution in [3.05, 3.63) is 0 Å². The summed E-state index contributed by atoms with van der Waals surface area (Å²) >= 11 is 0. The Kier molecular flexibility index (Phi) is 401. The van der Waals surface area contributed by atoms with Gasteiger partial charge in [-0.15, -0.1) is 0 Å². The Bertz CT molecular complexity index is 3.90. The third-order valence-electron chi connectivity index (χ3n) is 0. The number of hydrogen-bond acceptors (Lipinski definition) is 0. The van der Waals surface area contributed by atoms with Crippen molar-refractivity contribution in [3.8, 4) is 0 Å². The average Bonchev–Trinajstić information content (AvgIpc) is 0. The van der Waals surface area contributed by atoms with Gasteiger partial charge in [0.2, 0.25) is 0 Å². The second-order valence-electron chi connectivity index (χ2n) is 0.